The van der Waals surface area contributed by atoms with Crippen LogP contribution in [-0.2, 0) is 0 Å². The van der Waals surface area contributed by atoms with E-state index in [2.05, 4.69) is 144 Å². The van der Waals surface area contributed by atoms with Crippen LogP contribution in [0.4, 0.5) is 17.1 Å². The molecule has 0 unspecified atom stereocenters. The molecule has 40 heavy (non-hydrogen) atoms. The van der Waals surface area contributed by atoms with Crippen LogP contribution in [0.1, 0.15) is 0 Å². The predicted octanol–water partition coefficient (Wildman–Crippen LogP) is 10.9. The van der Waals surface area contributed by atoms with E-state index in [-0.39, 0.29) is 0 Å². The number of nitrogens with zero attached hydrogens (tertiary/aromatic N) is 2. The van der Waals surface area contributed by atoms with Gasteiger partial charge in [0, 0.05) is 26.8 Å². The van der Waals surface area contributed by atoms with Crippen LogP contribution in [-0.4, -0.2) is 4.98 Å². The van der Waals surface area contributed by atoms with Crippen molar-refractivity contribution in [3.63, 3.8) is 0 Å². The second kappa shape index (κ2) is 9.33. The highest BCUT2D eigenvalue weighted by atomic mass is 32.1. The van der Waals surface area contributed by atoms with Gasteiger partial charge in [0.15, 0.2) is 0 Å². The van der Waals surface area contributed by atoms with Gasteiger partial charge in [0.2, 0.25) is 0 Å². The van der Waals surface area contributed by atoms with Crippen molar-refractivity contribution in [1.82, 2.24) is 4.98 Å². The van der Waals surface area contributed by atoms with Gasteiger partial charge in [-0.15, -0.1) is 11.3 Å². The first kappa shape index (κ1) is 22.9. The Hall–Kier alpha value is -4.99. The second-order valence-corrected chi connectivity index (χ2v) is 11.1. The molecule has 0 aliphatic heterocycles. The molecule has 0 amide bonds. The van der Waals surface area contributed by atoms with Crippen LogP contribution in [0, 0.1) is 0 Å². The average Bonchev–Trinajstić information content (AvgIpc) is 3.40. The molecular formula is C37H24N2S. The van der Waals surface area contributed by atoms with Crippen molar-refractivity contribution in [3.05, 3.63) is 146 Å². The molecule has 0 N–H and O–H groups in total. The first-order valence-corrected chi connectivity index (χ1v) is 14.3. The van der Waals surface area contributed by atoms with Crippen molar-refractivity contribution >= 4 is 70.2 Å². The van der Waals surface area contributed by atoms with Crippen LogP contribution >= 0.6 is 11.3 Å². The molecule has 0 aliphatic carbocycles. The Labute approximate surface area is 236 Å². The van der Waals surface area contributed by atoms with Gasteiger partial charge in [-0.05, 0) is 69.1 Å². The Morgan fingerprint density at radius 3 is 2.00 bits per heavy atom. The number of thiophene rings is 1. The Morgan fingerprint density at radius 1 is 0.450 bits per heavy atom. The second-order valence-electron chi connectivity index (χ2n) is 10.1. The molecule has 6 aromatic carbocycles. The molecule has 3 heteroatoms. The van der Waals surface area contributed by atoms with Crippen LogP contribution in [0.5, 0.6) is 0 Å². The van der Waals surface area contributed by atoms with Crippen LogP contribution in [0.25, 0.3) is 53.0 Å². The molecule has 2 heterocycles. The fourth-order valence-electron chi connectivity index (χ4n) is 5.74. The average molecular weight is 529 g/mol. The van der Waals surface area contributed by atoms with Crippen molar-refractivity contribution in [1.29, 1.82) is 0 Å². The summed E-state index contributed by atoms with van der Waals surface area (Å²) in [5.74, 6) is 0. The fraction of sp³-hybridized carbons (Fsp3) is 0. The zero-order valence-corrected chi connectivity index (χ0v) is 22.5. The molecule has 188 valence electrons. The van der Waals surface area contributed by atoms with Crippen LogP contribution < -0.4 is 4.90 Å². The number of rotatable bonds is 4. The van der Waals surface area contributed by atoms with E-state index >= 15 is 0 Å². The number of pyridine rings is 1. The summed E-state index contributed by atoms with van der Waals surface area (Å²) in [6.45, 7) is 0. The van der Waals surface area contributed by atoms with Gasteiger partial charge in [-0.25, -0.2) is 4.98 Å². The number of hydrogen-bond donors (Lipinski definition) is 0. The normalized spacial score (nSPS) is 11.5. The third-order valence-corrected chi connectivity index (χ3v) is 8.79. The van der Waals surface area contributed by atoms with Gasteiger partial charge >= 0.3 is 0 Å². The molecule has 0 saturated carbocycles. The van der Waals surface area contributed by atoms with E-state index in [0.717, 1.165) is 21.9 Å². The molecule has 8 aromatic rings. The number of fused-ring (bicyclic) bond motifs is 6. The first-order chi connectivity index (χ1) is 19.8. The topological polar surface area (TPSA) is 16.1 Å². The summed E-state index contributed by atoms with van der Waals surface area (Å²) in [4.78, 5) is 8.32. The fourth-order valence-corrected chi connectivity index (χ4v) is 6.77. The lowest BCUT2D eigenvalue weighted by molar-refractivity contribution is 1.26. The predicted molar refractivity (Wildman–Crippen MR) is 172 cm³/mol. The van der Waals surface area contributed by atoms with Gasteiger partial charge in [0.25, 0.3) is 0 Å². The molecule has 0 bridgehead atoms. The van der Waals surface area contributed by atoms with Crippen molar-refractivity contribution in [2.45, 2.75) is 0 Å². The van der Waals surface area contributed by atoms with Gasteiger partial charge in [0.05, 0.1) is 11.9 Å². The van der Waals surface area contributed by atoms with E-state index in [1.165, 1.54) is 48.1 Å². The van der Waals surface area contributed by atoms with Gasteiger partial charge in [-0.3, -0.25) is 0 Å². The maximum Gasteiger partial charge on any atom is 0.124 e. The lowest BCUT2D eigenvalue weighted by atomic mass is 10.0. The number of anilines is 3. The summed E-state index contributed by atoms with van der Waals surface area (Å²) in [6, 6.07) is 50.0. The third-order valence-electron chi connectivity index (χ3n) is 7.70. The smallest absolute Gasteiger partial charge is 0.124 e. The molecule has 0 radical (unpaired) electrons. The van der Waals surface area contributed by atoms with E-state index in [9.17, 15) is 0 Å². The minimum atomic E-state index is 1.05. The number of aromatic nitrogens is 1. The molecule has 0 aliphatic rings. The molecule has 2 nitrogen and oxygen atoms in total. The number of hydrogen-bond acceptors (Lipinski definition) is 3. The van der Waals surface area contributed by atoms with Gasteiger partial charge < -0.3 is 4.90 Å². The van der Waals surface area contributed by atoms with E-state index in [4.69, 9.17) is 4.98 Å². The highest BCUT2D eigenvalue weighted by molar-refractivity contribution is 7.25. The SMILES string of the molecule is c1ccc(-c2ccc(N(c3ccc4c(ccc5ccccc54)c3)c3cnc4sc5ccccc5c4c3)cc2)cc1. The quantitative estimate of drug-likeness (QED) is 0.211. The molecule has 2 aromatic heterocycles. The molecular weight excluding hydrogens is 504 g/mol. The highest BCUT2D eigenvalue weighted by Crippen LogP contribution is 2.41. The minimum Gasteiger partial charge on any atom is -0.309 e. The highest BCUT2D eigenvalue weighted by Gasteiger charge is 2.16. The monoisotopic (exact) mass is 528 g/mol. The van der Waals surface area contributed by atoms with Crippen LogP contribution in [0.3, 0.4) is 0 Å². The molecule has 0 spiro atoms. The van der Waals surface area contributed by atoms with Gasteiger partial charge in [-0.1, -0.05) is 103 Å². The zero-order valence-electron chi connectivity index (χ0n) is 21.7. The standard InChI is InChI=1S/C37H24N2S/c1-2-8-25(9-3-1)26-16-18-29(19-17-26)39(31-23-35-34-12-6-7-13-36(34)40-37(35)38-24-31)30-20-21-33-28(22-30)15-14-27-10-4-5-11-32(27)33/h1-24H. The lowest BCUT2D eigenvalue weighted by Crippen LogP contribution is -2.10. The van der Waals surface area contributed by atoms with Crippen LogP contribution in [0.2, 0.25) is 0 Å². The van der Waals surface area contributed by atoms with E-state index in [0.29, 0.717) is 0 Å². The van der Waals surface area contributed by atoms with Crippen molar-refractivity contribution in [2.75, 3.05) is 4.90 Å². The van der Waals surface area contributed by atoms with Crippen molar-refractivity contribution in [2.24, 2.45) is 0 Å². The minimum absolute atomic E-state index is 1.05. The molecule has 8 rings (SSSR count). The summed E-state index contributed by atoms with van der Waals surface area (Å²) in [6.07, 6.45) is 2.01. The molecule has 0 saturated heterocycles. The van der Waals surface area contributed by atoms with E-state index in [1.54, 1.807) is 11.3 Å². The Kier molecular flexibility index (Phi) is 5.35. The first-order valence-electron chi connectivity index (χ1n) is 13.5. The molecule has 0 fully saturated rings. The Balaban J connectivity index is 1.32. The zero-order chi connectivity index (χ0) is 26.5. The summed E-state index contributed by atoms with van der Waals surface area (Å²) in [5.41, 5.74) is 5.66. The maximum atomic E-state index is 4.94. The Bertz CT molecular complexity index is 2160. The summed E-state index contributed by atoms with van der Waals surface area (Å²) >= 11 is 1.75. The van der Waals surface area contributed by atoms with Gasteiger partial charge in [0.1, 0.15) is 4.83 Å². The lowest BCUT2D eigenvalue weighted by Gasteiger charge is -2.26. The summed E-state index contributed by atoms with van der Waals surface area (Å²) < 4.78 is 1.26. The van der Waals surface area contributed by atoms with Gasteiger partial charge in [-0.2, -0.15) is 0 Å². The van der Waals surface area contributed by atoms with E-state index in [1.807, 2.05) is 6.20 Å². The van der Waals surface area contributed by atoms with Crippen LogP contribution in [0.15, 0.2) is 146 Å². The van der Waals surface area contributed by atoms with E-state index < -0.39 is 0 Å². The van der Waals surface area contributed by atoms with Crippen molar-refractivity contribution < 1.29 is 0 Å². The molecule has 0 atom stereocenters. The Morgan fingerprint density at radius 2 is 1.12 bits per heavy atom. The largest absolute Gasteiger partial charge is 0.309 e. The summed E-state index contributed by atoms with van der Waals surface area (Å²) in [5, 5.41) is 7.46. The third kappa shape index (κ3) is 3.83. The maximum absolute atomic E-state index is 4.94. The van der Waals surface area contributed by atoms with Crippen molar-refractivity contribution in [3.8, 4) is 11.1 Å². The summed E-state index contributed by atoms with van der Waals surface area (Å²) in [7, 11) is 0. The number of benzene rings is 6.